The van der Waals surface area contributed by atoms with E-state index in [0.717, 1.165) is 6.42 Å². The van der Waals surface area contributed by atoms with E-state index in [1.54, 1.807) is 4.90 Å². The molecule has 1 amide bonds. The number of benzene rings is 1. The smallest absolute Gasteiger partial charge is 0.251 e. The summed E-state index contributed by atoms with van der Waals surface area (Å²) < 4.78 is 46.2. The average molecular weight is 407 g/mol. The van der Waals surface area contributed by atoms with Gasteiger partial charge >= 0.3 is 0 Å². The Morgan fingerprint density at radius 3 is 2.19 bits per heavy atom. The van der Waals surface area contributed by atoms with E-state index < -0.39 is 40.8 Å². The van der Waals surface area contributed by atoms with Gasteiger partial charge in [-0.05, 0) is 25.7 Å². The Morgan fingerprint density at radius 1 is 1.07 bits per heavy atom. The van der Waals surface area contributed by atoms with Gasteiger partial charge in [0.15, 0.2) is 5.78 Å². The number of carbonyl (C=O) groups excluding carboxylic acids is 2. The standard InChI is InChI=1S/C18H21F3N2O3.ClH/c19-11-7-13(20)16(14(21)8-11)17(24)10-3-5-23(6-4-10)18(25)15-2-1-12(9-22)26-15;/h7-8,10,12,15H,1-6,9,22H2;1H/t12-,15+;/m1./s1. The maximum Gasteiger partial charge on any atom is 0.251 e. The van der Waals surface area contributed by atoms with Crippen LogP contribution in [0, 0.1) is 23.4 Å². The van der Waals surface area contributed by atoms with Crippen LogP contribution in [0.3, 0.4) is 0 Å². The molecule has 0 unspecified atom stereocenters. The Kier molecular flexibility index (Phi) is 7.25. The van der Waals surface area contributed by atoms with Crippen molar-refractivity contribution in [2.24, 2.45) is 11.7 Å². The maximum atomic E-state index is 13.8. The second-order valence-electron chi connectivity index (χ2n) is 6.77. The van der Waals surface area contributed by atoms with Crippen LogP contribution in [-0.4, -0.2) is 48.4 Å². The average Bonchev–Trinajstić information content (AvgIpc) is 3.09. The zero-order valence-corrected chi connectivity index (χ0v) is 15.4. The molecule has 1 aromatic carbocycles. The molecule has 0 saturated carbocycles. The highest BCUT2D eigenvalue weighted by Gasteiger charge is 2.36. The predicted octanol–water partition coefficient (Wildman–Crippen LogP) is 2.45. The number of amides is 1. The monoisotopic (exact) mass is 406 g/mol. The molecular formula is C18H22ClF3N2O3. The minimum absolute atomic E-state index is 0. The summed E-state index contributed by atoms with van der Waals surface area (Å²) in [5.74, 6) is -4.88. The number of nitrogens with zero attached hydrogens (tertiary/aromatic N) is 1. The first-order valence-corrected chi connectivity index (χ1v) is 8.73. The molecule has 0 spiro atoms. The van der Waals surface area contributed by atoms with Crippen molar-refractivity contribution in [3.05, 3.63) is 35.1 Å². The number of carbonyl (C=O) groups is 2. The van der Waals surface area contributed by atoms with Crippen molar-refractivity contribution >= 4 is 24.1 Å². The second-order valence-corrected chi connectivity index (χ2v) is 6.77. The molecule has 3 rings (SSSR count). The summed E-state index contributed by atoms with van der Waals surface area (Å²) >= 11 is 0. The van der Waals surface area contributed by atoms with Crippen LogP contribution < -0.4 is 5.73 Å². The number of hydrogen-bond donors (Lipinski definition) is 1. The molecule has 2 aliphatic heterocycles. The lowest BCUT2D eigenvalue weighted by molar-refractivity contribution is -0.144. The molecule has 27 heavy (non-hydrogen) atoms. The van der Waals surface area contributed by atoms with E-state index in [9.17, 15) is 22.8 Å². The zero-order valence-electron chi connectivity index (χ0n) is 14.6. The molecule has 0 aliphatic carbocycles. The molecule has 1 aromatic rings. The van der Waals surface area contributed by atoms with Crippen molar-refractivity contribution in [1.29, 1.82) is 0 Å². The quantitative estimate of drug-likeness (QED) is 0.779. The fourth-order valence-electron chi connectivity index (χ4n) is 3.61. The summed E-state index contributed by atoms with van der Waals surface area (Å²) in [6.07, 6.45) is 1.34. The van der Waals surface area contributed by atoms with Gasteiger partial charge in [-0.2, -0.15) is 0 Å². The number of hydrogen-bond acceptors (Lipinski definition) is 4. The number of ether oxygens (including phenoxy) is 1. The summed E-state index contributed by atoms with van der Waals surface area (Å²) in [6, 6.07) is 1.00. The Hall–Kier alpha value is -1.64. The molecule has 0 aromatic heterocycles. The van der Waals surface area contributed by atoms with Gasteiger partial charge in [-0.25, -0.2) is 13.2 Å². The lowest BCUT2D eigenvalue weighted by Crippen LogP contribution is -2.45. The summed E-state index contributed by atoms with van der Waals surface area (Å²) in [6.45, 7) is 0.995. The van der Waals surface area contributed by atoms with Gasteiger partial charge in [0.05, 0.1) is 11.7 Å². The molecule has 2 fully saturated rings. The fraction of sp³-hybridized carbons (Fsp3) is 0.556. The van der Waals surface area contributed by atoms with Crippen LogP contribution in [0.15, 0.2) is 12.1 Å². The number of ketones is 1. The van der Waals surface area contributed by atoms with Gasteiger partial charge in [-0.1, -0.05) is 0 Å². The molecule has 0 bridgehead atoms. The van der Waals surface area contributed by atoms with Gasteiger partial charge in [-0.15, -0.1) is 12.4 Å². The molecule has 2 N–H and O–H groups in total. The van der Waals surface area contributed by atoms with E-state index in [1.165, 1.54) is 0 Å². The Balaban J connectivity index is 0.00000261. The third kappa shape index (κ3) is 4.62. The summed E-state index contributed by atoms with van der Waals surface area (Å²) in [5.41, 5.74) is 4.84. The van der Waals surface area contributed by atoms with Crippen molar-refractivity contribution in [2.75, 3.05) is 19.6 Å². The minimum atomic E-state index is -1.20. The van der Waals surface area contributed by atoms with Crippen LogP contribution in [0.1, 0.15) is 36.0 Å². The molecule has 2 saturated heterocycles. The SMILES string of the molecule is Cl.NC[C@H]1CC[C@@H](C(=O)N2CCC(C(=O)c3c(F)cc(F)cc3F)CC2)O1. The van der Waals surface area contributed by atoms with Crippen LogP contribution in [-0.2, 0) is 9.53 Å². The van der Waals surface area contributed by atoms with Crippen molar-refractivity contribution in [1.82, 2.24) is 4.90 Å². The number of Topliss-reactive ketones (excluding diaryl/α,β-unsaturated/α-hetero) is 1. The van der Waals surface area contributed by atoms with Crippen LogP contribution in [0.5, 0.6) is 0 Å². The summed E-state index contributed by atoms with van der Waals surface area (Å²) in [4.78, 5) is 26.5. The van der Waals surface area contributed by atoms with E-state index in [0.29, 0.717) is 51.0 Å². The van der Waals surface area contributed by atoms with E-state index >= 15 is 0 Å². The van der Waals surface area contributed by atoms with Crippen LogP contribution >= 0.6 is 12.4 Å². The summed E-state index contributed by atoms with van der Waals surface area (Å²) in [7, 11) is 0. The van der Waals surface area contributed by atoms with Crippen LogP contribution in [0.2, 0.25) is 0 Å². The Morgan fingerprint density at radius 2 is 1.67 bits per heavy atom. The normalized spacial score (nSPS) is 23.2. The second kappa shape index (κ2) is 9.03. The van der Waals surface area contributed by atoms with Crippen molar-refractivity contribution in [2.45, 2.75) is 37.9 Å². The number of rotatable bonds is 4. The lowest BCUT2D eigenvalue weighted by atomic mass is 9.88. The van der Waals surface area contributed by atoms with Crippen molar-refractivity contribution < 1.29 is 27.5 Å². The first-order chi connectivity index (χ1) is 12.4. The van der Waals surface area contributed by atoms with Crippen LogP contribution in [0.25, 0.3) is 0 Å². The third-order valence-corrected chi connectivity index (χ3v) is 5.08. The molecule has 5 nitrogen and oxygen atoms in total. The highest BCUT2D eigenvalue weighted by atomic mass is 35.5. The van der Waals surface area contributed by atoms with Gasteiger partial charge in [-0.3, -0.25) is 9.59 Å². The molecule has 2 atom stereocenters. The first kappa shape index (κ1) is 21.7. The highest BCUT2D eigenvalue weighted by molar-refractivity contribution is 5.98. The van der Waals surface area contributed by atoms with Crippen LogP contribution in [0.4, 0.5) is 13.2 Å². The number of halogens is 4. The highest BCUT2D eigenvalue weighted by Crippen LogP contribution is 2.27. The fourth-order valence-corrected chi connectivity index (χ4v) is 3.61. The summed E-state index contributed by atoms with van der Waals surface area (Å²) in [5, 5.41) is 0. The van der Waals surface area contributed by atoms with Gasteiger partial charge < -0.3 is 15.4 Å². The number of likely N-dealkylation sites (tertiary alicyclic amines) is 1. The molecule has 150 valence electrons. The van der Waals surface area contributed by atoms with Gasteiger partial charge in [0.2, 0.25) is 0 Å². The topological polar surface area (TPSA) is 72.6 Å². The van der Waals surface area contributed by atoms with E-state index in [4.69, 9.17) is 10.5 Å². The van der Waals surface area contributed by atoms with Gasteiger partial charge in [0.25, 0.3) is 5.91 Å². The maximum absolute atomic E-state index is 13.8. The molecule has 2 heterocycles. The molecule has 9 heteroatoms. The largest absolute Gasteiger partial charge is 0.364 e. The van der Waals surface area contributed by atoms with Crippen molar-refractivity contribution in [3.63, 3.8) is 0 Å². The molecular weight excluding hydrogens is 385 g/mol. The third-order valence-electron chi connectivity index (χ3n) is 5.08. The number of piperidine rings is 1. The van der Waals surface area contributed by atoms with E-state index in [-0.39, 0.29) is 24.4 Å². The van der Waals surface area contributed by atoms with Gasteiger partial charge in [0, 0.05) is 37.7 Å². The lowest BCUT2D eigenvalue weighted by Gasteiger charge is -2.33. The molecule has 2 aliphatic rings. The number of nitrogens with two attached hydrogens (primary N) is 1. The minimum Gasteiger partial charge on any atom is -0.364 e. The zero-order chi connectivity index (χ0) is 18.8. The molecule has 0 radical (unpaired) electrons. The predicted molar refractivity (Wildman–Crippen MR) is 94.1 cm³/mol. The first-order valence-electron chi connectivity index (χ1n) is 8.73. The van der Waals surface area contributed by atoms with Gasteiger partial charge in [0.1, 0.15) is 23.6 Å². The van der Waals surface area contributed by atoms with E-state index in [2.05, 4.69) is 0 Å². The van der Waals surface area contributed by atoms with E-state index in [1.807, 2.05) is 0 Å². The van der Waals surface area contributed by atoms with Crippen molar-refractivity contribution in [3.8, 4) is 0 Å². The Bertz CT molecular complexity index is 688. The Labute approximate surface area is 161 Å².